The van der Waals surface area contributed by atoms with Crippen LogP contribution < -0.4 is 0 Å². The molecule has 0 amide bonds. The molecule has 0 aliphatic carbocycles. The third kappa shape index (κ3) is 1.82. The van der Waals surface area contributed by atoms with Gasteiger partial charge in [0.1, 0.15) is 0 Å². The lowest BCUT2D eigenvalue weighted by Gasteiger charge is -2.41. The molecule has 0 spiro atoms. The average molecular weight is 196 g/mol. The van der Waals surface area contributed by atoms with Crippen LogP contribution in [0.4, 0.5) is 13.2 Å². The van der Waals surface area contributed by atoms with Gasteiger partial charge in [0.05, 0.1) is 5.41 Å². The first-order valence-corrected chi connectivity index (χ1v) is 4.54. The molecule has 1 rings (SSSR count). The van der Waals surface area contributed by atoms with Crippen molar-refractivity contribution in [1.82, 2.24) is 0 Å². The minimum atomic E-state index is -4.09. The Bertz CT molecular complexity index is 168. The lowest BCUT2D eigenvalue weighted by molar-refractivity contribution is -0.261. The van der Waals surface area contributed by atoms with Crippen LogP contribution in [0.15, 0.2) is 0 Å². The van der Waals surface area contributed by atoms with Gasteiger partial charge in [-0.05, 0) is 18.8 Å². The van der Waals surface area contributed by atoms with Crippen molar-refractivity contribution in [3.63, 3.8) is 0 Å². The van der Waals surface area contributed by atoms with E-state index in [1.54, 1.807) is 13.8 Å². The minimum Gasteiger partial charge on any atom is -0.381 e. The lowest BCUT2D eigenvalue weighted by Crippen LogP contribution is -2.46. The van der Waals surface area contributed by atoms with Gasteiger partial charge in [0.15, 0.2) is 0 Å². The van der Waals surface area contributed by atoms with Gasteiger partial charge < -0.3 is 4.74 Å². The molecule has 0 atom stereocenters. The molecule has 4 heteroatoms. The Morgan fingerprint density at radius 1 is 1.15 bits per heavy atom. The molecule has 13 heavy (non-hydrogen) atoms. The largest absolute Gasteiger partial charge is 0.394 e. The van der Waals surface area contributed by atoms with Gasteiger partial charge in [-0.1, -0.05) is 13.8 Å². The molecule has 0 aromatic heterocycles. The second kappa shape index (κ2) is 3.48. The van der Waals surface area contributed by atoms with Crippen LogP contribution in [-0.2, 0) is 4.74 Å². The van der Waals surface area contributed by atoms with Crippen molar-refractivity contribution in [3.8, 4) is 0 Å². The zero-order chi connectivity index (χ0) is 10.1. The highest BCUT2D eigenvalue weighted by Gasteiger charge is 2.56. The van der Waals surface area contributed by atoms with Gasteiger partial charge in [-0.2, -0.15) is 13.2 Å². The maximum Gasteiger partial charge on any atom is 0.394 e. The van der Waals surface area contributed by atoms with E-state index < -0.39 is 11.6 Å². The van der Waals surface area contributed by atoms with Gasteiger partial charge in [0.2, 0.25) is 0 Å². The summed E-state index contributed by atoms with van der Waals surface area (Å²) < 4.78 is 43.3. The van der Waals surface area contributed by atoms with E-state index in [4.69, 9.17) is 4.74 Å². The van der Waals surface area contributed by atoms with Crippen LogP contribution in [0.5, 0.6) is 0 Å². The van der Waals surface area contributed by atoms with Gasteiger partial charge in [-0.15, -0.1) is 0 Å². The SMILES string of the molecule is CC(C)C1(C(F)(F)F)CCOCC1. The monoisotopic (exact) mass is 196 g/mol. The van der Waals surface area contributed by atoms with Gasteiger partial charge in [-0.25, -0.2) is 0 Å². The number of alkyl halides is 3. The van der Waals surface area contributed by atoms with Crippen molar-refractivity contribution in [3.05, 3.63) is 0 Å². The van der Waals surface area contributed by atoms with Gasteiger partial charge in [0, 0.05) is 13.2 Å². The standard InChI is InChI=1S/C9H15F3O/c1-7(2)8(9(10,11)12)3-5-13-6-4-8/h7H,3-6H2,1-2H3. The normalized spacial score (nSPS) is 23.5. The van der Waals surface area contributed by atoms with Crippen LogP contribution in [0, 0.1) is 11.3 Å². The van der Waals surface area contributed by atoms with E-state index in [0.717, 1.165) is 0 Å². The van der Waals surface area contributed by atoms with E-state index in [1.807, 2.05) is 0 Å². The fraction of sp³-hybridized carbons (Fsp3) is 1.00. The Hall–Kier alpha value is -0.250. The quantitative estimate of drug-likeness (QED) is 0.626. The summed E-state index contributed by atoms with van der Waals surface area (Å²) in [5.41, 5.74) is -1.51. The summed E-state index contributed by atoms with van der Waals surface area (Å²) in [5.74, 6) is -0.364. The van der Waals surface area contributed by atoms with E-state index >= 15 is 0 Å². The average Bonchev–Trinajstić information content (AvgIpc) is 2.03. The summed E-state index contributed by atoms with van der Waals surface area (Å²) in [6.07, 6.45) is -3.88. The number of rotatable bonds is 1. The molecule has 0 unspecified atom stereocenters. The fourth-order valence-electron chi connectivity index (χ4n) is 1.92. The maximum atomic E-state index is 12.8. The fourth-order valence-corrected chi connectivity index (χ4v) is 1.92. The van der Waals surface area contributed by atoms with Crippen molar-refractivity contribution in [2.45, 2.75) is 32.9 Å². The number of ether oxygens (including phenoxy) is 1. The van der Waals surface area contributed by atoms with E-state index in [-0.39, 0.29) is 32.0 Å². The maximum absolute atomic E-state index is 12.8. The Labute approximate surface area is 76.3 Å². The molecule has 1 nitrogen and oxygen atoms in total. The van der Waals surface area contributed by atoms with Crippen molar-refractivity contribution >= 4 is 0 Å². The molecule has 0 aromatic rings. The highest BCUT2D eigenvalue weighted by molar-refractivity contribution is 4.90. The second-order valence-electron chi connectivity index (χ2n) is 3.92. The molecule has 1 aliphatic heterocycles. The molecule has 0 aromatic carbocycles. The summed E-state index contributed by atoms with van der Waals surface area (Å²) in [5, 5.41) is 0. The molecule has 1 heterocycles. The van der Waals surface area contributed by atoms with Crippen molar-refractivity contribution in [2.75, 3.05) is 13.2 Å². The van der Waals surface area contributed by atoms with Crippen LogP contribution in [0.25, 0.3) is 0 Å². The van der Waals surface area contributed by atoms with Gasteiger partial charge >= 0.3 is 6.18 Å². The highest BCUT2D eigenvalue weighted by atomic mass is 19.4. The Kier molecular flexibility index (Phi) is 2.90. The van der Waals surface area contributed by atoms with Gasteiger partial charge in [-0.3, -0.25) is 0 Å². The van der Waals surface area contributed by atoms with Gasteiger partial charge in [0.25, 0.3) is 0 Å². The van der Waals surface area contributed by atoms with Crippen molar-refractivity contribution in [2.24, 2.45) is 11.3 Å². The first-order chi connectivity index (χ1) is 5.90. The van der Waals surface area contributed by atoms with E-state index in [9.17, 15) is 13.2 Å². The first kappa shape index (κ1) is 10.8. The highest BCUT2D eigenvalue weighted by Crippen LogP contribution is 2.50. The number of hydrogen-bond donors (Lipinski definition) is 0. The number of hydrogen-bond acceptors (Lipinski definition) is 1. The number of halogens is 3. The molecule has 0 radical (unpaired) electrons. The third-order valence-corrected chi connectivity index (χ3v) is 3.05. The minimum absolute atomic E-state index is 0.105. The van der Waals surface area contributed by atoms with Crippen LogP contribution in [0.3, 0.4) is 0 Å². The molecule has 0 bridgehead atoms. The summed E-state index contributed by atoms with van der Waals surface area (Å²) in [7, 11) is 0. The molecular formula is C9H15F3O. The summed E-state index contributed by atoms with van der Waals surface area (Å²) in [6, 6.07) is 0. The predicted molar refractivity (Wildman–Crippen MR) is 43.4 cm³/mol. The Morgan fingerprint density at radius 3 is 1.85 bits per heavy atom. The van der Waals surface area contributed by atoms with E-state index in [0.29, 0.717) is 0 Å². The Morgan fingerprint density at radius 2 is 1.62 bits per heavy atom. The first-order valence-electron chi connectivity index (χ1n) is 4.54. The molecule has 0 saturated carbocycles. The molecule has 1 fully saturated rings. The molecule has 1 saturated heterocycles. The predicted octanol–water partition coefficient (Wildman–Crippen LogP) is 3.00. The summed E-state index contributed by atoms with van der Waals surface area (Å²) >= 11 is 0. The van der Waals surface area contributed by atoms with E-state index in [2.05, 4.69) is 0 Å². The third-order valence-electron chi connectivity index (χ3n) is 3.05. The second-order valence-corrected chi connectivity index (χ2v) is 3.92. The zero-order valence-electron chi connectivity index (χ0n) is 7.95. The molecular weight excluding hydrogens is 181 g/mol. The summed E-state index contributed by atoms with van der Waals surface area (Å²) in [6.45, 7) is 3.74. The smallest absolute Gasteiger partial charge is 0.381 e. The van der Waals surface area contributed by atoms with Crippen LogP contribution in [-0.4, -0.2) is 19.4 Å². The Balaban J connectivity index is 2.86. The topological polar surface area (TPSA) is 9.23 Å². The van der Waals surface area contributed by atoms with Crippen molar-refractivity contribution < 1.29 is 17.9 Å². The van der Waals surface area contributed by atoms with Crippen LogP contribution in [0.1, 0.15) is 26.7 Å². The summed E-state index contributed by atoms with van der Waals surface area (Å²) in [4.78, 5) is 0. The molecule has 1 aliphatic rings. The van der Waals surface area contributed by atoms with E-state index in [1.165, 1.54) is 0 Å². The van der Waals surface area contributed by atoms with Crippen LogP contribution >= 0.6 is 0 Å². The molecule has 0 N–H and O–H groups in total. The van der Waals surface area contributed by atoms with Crippen molar-refractivity contribution in [1.29, 1.82) is 0 Å². The molecule has 78 valence electrons. The zero-order valence-corrected chi connectivity index (χ0v) is 7.95. The van der Waals surface area contributed by atoms with Crippen LogP contribution in [0.2, 0.25) is 0 Å². The lowest BCUT2D eigenvalue weighted by atomic mass is 9.71.